The molecule has 8 nitrogen and oxygen atoms in total. The van der Waals surface area contributed by atoms with E-state index in [-0.39, 0.29) is 6.04 Å². The summed E-state index contributed by atoms with van der Waals surface area (Å²) in [6.07, 6.45) is 2.07. The Morgan fingerprint density at radius 3 is 2.82 bits per heavy atom. The van der Waals surface area contributed by atoms with E-state index in [1.54, 1.807) is 0 Å². The summed E-state index contributed by atoms with van der Waals surface area (Å²) in [4.78, 5) is 12.8. The van der Waals surface area contributed by atoms with Gasteiger partial charge in [-0.05, 0) is 43.5 Å². The van der Waals surface area contributed by atoms with Crippen LogP contribution in [0.15, 0.2) is 51.7 Å². The number of rotatable bonds is 5. The van der Waals surface area contributed by atoms with Gasteiger partial charge in [0.25, 0.3) is 0 Å². The highest BCUT2D eigenvalue weighted by atomic mass is 32.2. The lowest BCUT2D eigenvalue weighted by Crippen LogP contribution is -2.63. The van der Waals surface area contributed by atoms with E-state index >= 15 is 0 Å². The summed E-state index contributed by atoms with van der Waals surface area (Å²) < 4.78 is 18.7. The highest BCUT2D eigenvalue weighted by molar-refractivity contribution is 7.93. The molecular weight excluding hydrogens is 448 g/mol. The van der Waals surface area contributed by atoms with Gasteiger partial charge in [-0.2, -0.15) is 4.98 Å². The lowest BCUT2D eigenvalue weighted by molar-refractivity contribution is 0.00308. The SMILES string of the molecule is Cc1ccc2nc(N3CCS(=O)(=NC4CC4)c4ccccc4C3)nc(NCC3(O)CNC3)c2c1. The lowest BCUT2D eigenvalue weighted by Gasteiger charge is -2.37. The first kappa shape index (κ1) is 21.8. The van der Waals surface area contributed by atoms with Crippen LogP contribution in [-0.4, -0.2) is 62.9 Å². The molecule has 34 heavy (non-hydrogen) atoms. The first-order chi connectivity index (χ1) is 16.4. The Kier molecular flexibility index (Phi) is 5.24. The van der Waals surface area contributed by atoms with Crippen molar-refractivity contribution in [2.75, 3.05) is 42.1 Å². The molecule has 2 aromatic carbocycles. The predicted molar refractivity (Wildman–Crippen MR) is 135 cm³/mol. The summed E-state index contributed by atoms with van der Waals surface area (Å²) in [7, 11) is -2.48. The number of benzene rings is 2. The van der Waals surface area contributed by atoms with E-state index in [0.29, 0.717) is 50.2 Å². The number of β-amino-alcohol motifs (C(OH)–C–C–N with tert-alkyl or cyclic N) is 1. The molecule has 178 valence electrons. The average Bonchev–Trinajstić information content (AvgIpc) is 3.64. The second kappa shape index (κ2) is 8.18. The molecule has 3 aliphatic rings. The van der Waals surface area contributed by atoms with Gasteiger partial charge in [-0.25, -0.2) is 13.6 Å². The quantitative estimate of drug-likeness (QED) is 0.518. The number of aryl methyl sites for hydroxylation is 1. The van der Waals surface area contributed by atoms with Crippen molar-refractivity contribution in [1.82, 2.24) is 15.3 Å². The molecular formula is C25H30N6O2S. The molecule has 1 saturated carbocycles. The van der Waals surface area contributed by atoms with Gasteiger partial charge in [0.2, 0.25) is 5.95 Å². The lowest BCUT2D eigenvalue weighted by atomic mass is 9.97. The minimum absolute atomic E-state index is 0.231. The summed E-state index contributed by atoms with van der Waals surface area (Å²) in [6.45, 7) is 4.74. The highest BCUT2D eigenvalue weighted by Gasteiger charge is 2.34. The summed E-state index contributed by atoms with van der Waals surface area (Å²) in [6, 6.07) is 14.3. The van der Waals surface area contributed by atoms with E-state index in [0.717, 1.165) is 39.8 Å². The third-order valence-corrected chi connectivity index (χ3v) is 9.26. The number of anilines is 2. The van der Waals surface area contributed by atoms with Crippen LogP contribution in [0.5, 0.6) is 0 Å². The fourth-order valence-corrected chi connectivity index (χ4v) is 7.00. The number of hydrogen-bond donors (Lipinski definition) is 3. The minimum Gasteiger partial charge on any atom is -0.385 e. The molecule has 3 N–H and O–H groups in total. The Balaban J connectivity index is 1.39. The van der Waals surface area contributed by atoms with Crippen LogP contribution < -0.4 is 15.5 Å². The van der Waals surface area contributed by atoms with E-state index < -0.39 is 15.3 Å². The Hall–Kier alpha value is -2.75. The summed E-state index contributed by atoms with van der Waals surface area (Å²) >= 11 is 0. The van der Waals surface area contributed by atoms with Gasteiger partial charge in [-0.15, -0.1) is 0 Å². The summed E-state index contributed by atoms with van der Waals surface area (Å²) in [5, 5.41) is 18.0. The average molecular weight is 479 g/mol. The van der Waals surface area contributed by atoms with E-state index in [4.69, 9.17) is 14.3 Å². The Morgan fingerprint density at radius 2 is 2.06 bits per heavy atom. The van der Waals surface area contributed by atoms with Gasteiger partial charge < -0.3 is 20.6 Å². The van der Waals surface area contributed by atoms with Gasteiger partial charge in [-0.3, -0.25) is 0 Å². The second-order valence-corrected chi connectivity index (χ2v) is 12.1. The molecule has 3 aromatic rings. The largest absolute Gasteiger partial charge is 0.385 e. The predicted octanol–water partition coefficient (Wildman–Crippen LogP) is 2.69. The molecule has 9 heteroatoms. The van der Waals surface area contributed by atoms with Crippen LogP contribution in [0.3, 0.4) is 0 Å². The second-order valence-electron chi connectivity index (χ2n) is 9.78. The smallest absolute Gasteiger partial charge is 0.228 e. The van der Waals surface area contributed by atoms with Crippen molar-refractivity contribution in [3.8, 4) is 0 Å². The molecule has 6 rings (SSSR count). The van der Waals surface area contributed by atoms with Crippen molar-refractivity contribution >= 4 is 32.4 Å². The van der Waals surface area contributed by atoms with Gasteiger partial charge in [0.15, 0.2) is 0 Å². The molecule has 1 aliphatic carbocycles. The monoisotopic (exact) mass is 478 g/mol. The number of aromatic nitrogens is 2. The fraction of sp³-hybridized carbons (Fsp3) is 0.440. The highest BCUT2D eigenvalue weighted by Crippen LogP contribution is 2.33. The Labute approximate surface area is 200 Å². The zero-order valence-corrected chi connectivity index (χ0v) is 20.1. The van der Waals surface area contributed by atoms with Gasteiger partial charge >= 0.3 is 0 Å². The van der Waals surface area contributed by atoms with Crippen LogP contribution in [0.2, 0.25) is 0 Å². The third-order valence-electron chi connectivity index (χ3n) is 6.80. The fourth-order valence-electron chi connectivity index (χ4n) is 4.57. The van der Waals surface area contributed by atoms with Gasteiger partial charge in [-0.1, -0.05) is 29.8 Å². The van der Waals surface area contributed by atoms with Crippen LogP contribution in [-0.2, 0) is 16.3 Å². The van der Waals surface area contributed by atoms with Crippen molar-refractivity contribution in [3.05, 3.63) is 53.6 Å². The molecule has 1 aromatic heterocycles. The normalized spacial score (nSPS) is 23.6. The summed E-state index contributed by atoms with van der Waals surface area (Å²) in [5.41, 5.74) is 2.23. The molecule has 2 fully saturated rings. The van der Waals surface area contributed by atoms with E-state index in [1.165, 1.54) is 0 Å². The molecule has 3 heterocycles. The van der Waals surface area contributed by atoms with E-state index in [2.05, 4.69) is 21.6 Å². The molecule has 0 bridgehead atoms. The maximum absolute atomic E-state index is 14.0. The molecule has 0 spiro atoms. The molecule has 1 saturated heterocycles. The maximum atomic E-state index is 14.0. The standard InChI is InChI=1S/C25H30N6O2S/c1-17-6-9-21-20(12-17)23(27-16-25(32)14-26-15-25)29-24(28-21)31-10-11-34(33,30-19-7-8-19)22-5-3-2-4-18(22)13-31/h2-6,9,12,19,26,32H,7-8,10-11,13-16H2,1H3,(H,27,28,29). The maximum Gasteiger partial charge on any atom is 0.228 e. The number of fused-ring (bicyclic) bond motifs is 2. The molecule has 1 unspecified atom stereocenters. The van der Waals surface area contributed by atoms with Crippen molar-refractivity contribution in [2.45, 2.75) is 42.8 Å². The zero-order valence-electron chi connectivity index (χ0n) is 19.3. The van der Waals surface area contributed by atoms with E-state index in [9.17, 15) is 9.32 Å². The van der Waals surface area contributed by atoms with Crippen LogP contribution in [0.25, 0.3) is 10.9 Å². The summed E-state index contributed by atoms with van der Waals surface area (Å²) in [5.74, 6) is 1.77. The van der Waals surface area contributed by atoms with Crippen LogP contribution in [0, 0.1) is 6.92 Å². The van der Waals surface area contributed by atoms with Crippen molar-refractivity contribution in [3.63, 3.8) is 0 Å². The van der Waals surface area contributed by atoms with Crippen LogP contribution in [0.4, 0.5) is 11.8 Å². The number of nitrogens with zero attached hydrogens (tertiary/aromatic N) is 4. The van der Waals surface area contributed by atoms with Crippen molar-refractivity contribution in [1.29, 1.82) is 0 Å². The number of nitrogens with one attached hydrogen (secondary N) is 2. The number of aliphatic hydroxyl groups is 1. The Bertz CT molecular complexity index is 1380. The van der Waals surface area contributed by atoms with Crippen LogP contribution in [0.1, 0.15) is 24.0 Å². The molecule has 0 amide bonds. The first-order valence-corrected chi connectivity index (χ1v) is 13.6. The van der Waals surface area contributed by atoms with Gasteiger partial charge in [0.05, 0.1) is 31.9 Å². The van der Waals surface area contributed by atoms with Crippen LogP contribution >= 0.6 is 0 Å². The zero-order chi connectivity index (χ0) is 23.3. The van der Waals surface area contributed by atoms with Crippen molar-refractivity contribution < 1.29 is 9.32 Å². The van der Waals surface area contributed by atoms with Gasteiger partial charge in [0, 0.05) is 38.1 Å². The Morgan fingerprint density at radius 1 is 1.24 bits per heavy atom. The third kappa shape index (κ3) is 4.12. The minimum atomic E-state index is -2.48. The number of hydrogen-bond acceptors (Lipinski definition) is 8. The van der Waals surface area contributed by atoms with Crippen molar-refractivity contribution in [2.24, 2.45) is 4.36 Å². The first-order valence-electron chi connectivity index (χ1n) is 11.9. The van der Waals surface area contributed by atoms with E-state index in [1.807, 2.05) is 43.3 Å². The molecule has 0 radical (unpaired) electrons. The topological polar surface area (TPSA) is 103 Å². The van der Waals surface area contributed by atoms with Gasteiger partial charge in [0.1, 0.15) is 11.4 Å². The molecule has 1 atom stereocenters. The molecule has 2 aliphatic heterocycles.